The number of Topliss-reactive ketones (excluding diaryl/α,β-unsaturated/α-hetero) is 1. The molecule has 0 aliphatic carbocycles. The molecule has 0 aromatic carbocycles. The van der Waals surface area contributed by atoms with Crippen molar-refractivity contribution in [3.63, 3.8) is 0 Å². The lowest BCUT2D eigenvalue weighted by Crippen LogP contribution is -2.28. The molecule has 1 aromatic rings. The molecule has 0 spiro atoms. The third kappa shape index (κ3) is 3.82. The van der Waals surface area contributed by atoms with Gasteiger partial charge in [-0.1, -0.05) is 23.2 Å². The molecule has 0 radical (unpaired) electrons. The second-order valence-corrected chi connectivity index (χ2v) is 4.07. The number of nitrogens with zero attached hydrogens (tertiary/aromatic N) is 2. The van der Waals surface area contributed by atoms with Crippen LogP contribution in [0.4, 0.5) is 0 Å². The molecule has 98 valence electrons. The normalized spacial score (nSPS) is 10.2. The van der Waals surface area contributed by atoms with Gasteiger partial charge in [-0.3, -0.25) is 14.4 Å². The summed E-state index contributed by atoms with van der Waals surface area (Å²) in [6, 6.07) is 0. The maximum absolute atomic E-state index is 11.6. The maximum Gasteiger partial charge on any atom is 0.313 e. The minimum absolute atomic E-state index is 0.00996. The van der Waals surface area contributed by atoms with Crippen molar-refractivity contribution in [3.8, 4) is 0 Å². The maximum atomic E-state index is 11.6. The van der Waals surface area contributed by atoms with Crippen LogP contribution in [0.15, 0.2) is 11.0 Å². The lowest BCUT2D eigenvalue weighted by molar-refractivity contribution is -0.145. The zero-order valence-electron chi connectivity index (χ0n) is 9.48. The highest BCUT2D eigenvalue weighted by atomic mass is 35.5. The van der Waals surface area contributed by atoms with Crippen LogP contribution in [0, 0.1) is 0 Å². The van der Waals surface area contributed by atoms with Crippen LogP contribution in [0.25, 0.3) is 0 Å². The van der Waals surface area contributed by atoms with E-state index in [2.05, 4.69) is 9.84 Å². The molecule has 0 bridgehead atoms. The summed E-state index contributed by atoms with van der Waals surface area (Å²) in [5.41, 5.74) is -0.679. The summed E-state index contributed by atoms with van der Waals surface area (Å²) in [4.78, 5) is 34.1. The standard InChI is InChI=1S/C10H10Cl2N2O4/c1-2-18-8(16)3-6(15)5-14-10(17)9(12)7(11)4-13-14/h4H,2-3,5H2,1H3. The van der Waals surface area contributed by atoms with Gasteiger partial charge in [-0.15, -0.1) is 0 Å². The fourth-order valence-electron chi connectivity index (χ4n) is 1.15. The Balaban J connectivity index is 2.74. The van der Waals surface area contributed by atoms with Crippen LogP contribution in [0.3, 0.4) is 0 Å². The molecule has 1 rings (SSSR count). The molecule has 0 amide bonds. The Labute approximate surface area is 112 Å². The van der Waals surface area contributed by atoms with E-state index in [1.165, 1.54) is 0 Å². The molecule has 1 heterocycles. The number of rotatable bonds is 5. The monoisotopic (exact) mass is 292 g/mol. The van der Waals surface area contributed by atoms with Crippen molar-refractivity contribution in [3.05, 3.63) is 26.6 Å². The zero-order chi connectivity index (χ0) is 13.7. The van der Waals surface area contributed by atoms with E-state index in [1.54, 1.807) is 6.92 Å². The molecule has 0 aliphatic rings. The van der Waals surface area contributed by atoms with Gasteiger partial charge in [-0.25, -0.2) is 4.68 Å². The smallest absolute Gasteiger partial charge is 0.313 e. The quantitative estimate of drug-likeness (QED) is 0.599. The lowest BCUT2D eigenvalue weighted by atomic mass is 10.3. The van der Waals surface area contributed by atoms with Crippen molar-refractivity contribution >= 4 is 35.0 Å². The molecule has 18 heavy (non-hydrogen) atoms. The second kappa shape index (κ2) is 6.51. The van der Waals surface area contributed by atoms with Crippen LogP contribution in [0.5, 0.6) is 0 Å². The Morgan fingerprint density at radius 1 is 1.44 bits per heavy atom. The van der Waals surface area contributed by atoms with E-state index in [9.17, 15) is 14.4 Å². The Morgan fingerprint density at radius 3 is 2.72 bits per heavy atom. The van der Waals surface area contributed by atoms with E-state index in [-0.39, 0.29) is 23.2 Å². The number of carbonyl (C=O) groups is 2. The number of hydrogen-bond donors (Lipinski definition) is 0. The van der Waals surface area contributed by atoms with E-state index in [1.807, 2.05) is 0 Å². The van der Waals surface area contributed by atoms with Crippen LogP contribution in [0.2, 0.25) is 10.0 Å². The van der Waals surface area contributed by atoms with Gasteiger partial charge >= 0.3 is 5.97 Å². The average molecular weight is 293 g/mol. The number of carbonyl (C=O) groups excluding carboxylic acids is 2. The largest absolute Gasteiger partial charge is 0.466 e. The van der Waals surface area contributed by atoms with Crippen molar-refractivity contribution in [2.75, 3.05) is 6.61 Å². The van der Waals surface area contributed by atoms with E-state index < -0.39 is 23.7 Å². The van der Waals surface area contributed by atoms with Crippen LogP contribution in [0.1, 0.15) is 13.3 Å². The second-order valence-electron chi connectivity index (χ2n) is 3.29. The molecule has 0 N–H and O–H groups in total. The molecule has 0 saturated carbocycles. The highest BCUT2D eigenvalue weighted by Crippen LogP contribution is 2.14. The first-order valence-corrected chi connectivity index (χ1v) is 5.79. The first kappa shape index (κ1) is 14.7. The molecular formula is C10H10Cl2N2O4. The van der Waals surface area contributed by atoms with Gasteiger partial charge in [0.2, 0.25) is 0 Å². The highest BCUT2D eigenvalue weighted by Gasteiger charge is 2.14. The van der Waals surface area contributed by atoms with Crippen molar-refractivity contribution in [2.24, 2.45) is 0 Å². The highest BCUT2D eigenvalue weighted by molar-refractivity contribution is 6.41. The third-order valence-corrected chi connectivity index (χ3v) is 2.66. The van der Waals surface area contributed by atoms with Gasteiger partial charge in [0.25, 0.3) is 5.56 Å². The summed E-state index contributed by atoms with van der Waals surface area (Å²) in [5.74, 6) is -1.14. The topological polar surface area (TPSA) is 78.3 Å². The van der Waals surface area contributed by atoms with Crippen LogP contribution >= 0.6 is 23.2 Å². The molecule has 0 fully saturated rings. The van der Waals surface area contributed by atoms with Gasteiger partial charge in [0, 0.05) is 0 Å². The molecule has 8 heteroatoms. The fourth-order valence-corrected chi connectivity index (χ4v) is 1.42. The summed E-state index contributed by atoms with van der Waals surface area (Å²) in [6.07, 6.45) is 0.741. The zero-order valence-corrected chi connectivity index (χ0v) is 11.0. The Morgan fingerprint density at radius 2 is 2.11 bits per heavy atom. The van der Waals surface area contributed by atoms with Crippen molar-refractivity contribution < 1.29 is 14.3 Å². The summed E-state index contributed by atoms with van der Waals surface area (Å²) in [5, 5.41) is 3.44. The Bertz CT molecular complexity index is 527. The molecular weight excluding hydrogens is 283 g/mol. The number of hydrogen-bond acceptors (Lipinski definition) is 5. The van der Waals surface area contributed by atoms with Crippen molar-refractivity contribution in [2.45, 2.75) is 19.9 Å². The molecule has 0 aliphatic heterocycles. The summed E-state index contributed by atoms with van der Waals surface area (Å²) < 4.78 is 5.45. The Hall–Kier alpha value is -1.40. The first-order valence-electron chi connectivity index (χ1n) is 5.04. The van der Waals surface area contributed by atoms with E-state index in [0.717, 1.165) is 10.9 Å². The minimum atomic E-state index is -0.679. The van der Waals surface area contributed by atoms with Gasteiger partial charge in [0.15, 0.2) is 5.78 Å². The first-order chi connectivity index (χ1) is 8.45. The Kier molecular flexibility index (Phi) is 5.30. The van der Waals surface area contributed by atoms with E-state index in [0.29, 0.717) is 0 Å². The third-order valence-electron chi connectivity index (χ3n) is 1.92. The molecule has 1 aromatic heterocycles. The van der Waals surface area contributed by atoms with Gasteiger partial charge in [0.05, 0.1) is 17.8 Å². The van der Waals surface area contributed by atoms with Gasteiger partial charge in [-0.2, -0.15) is 5.10 Å². The van der Waals surface area contributed by atoms with Crippen LogP contribution in [-0.2, 0) is 20.9 Å². The average Bonchev–Trinajstić information content (AvgIpc) is 2.30. The summed E-state index contributed by atoms with van der Waals surface area (Å²) in [7, 11) is 0. The fraction of sp³-hybridized carbons (Fsp3) is 0.400. The summed E-state index contributed by atoms with van der Waals surface area (Å²) >= 11 is 11.2. The van der Waals surface area contributed by atoms with Crippen molar-refractivity contribution in [1.82, 2.24) is 9.78 Å². The van der Waals surface area contributed by atoms with Crippen LogP contribution < -0.4 is 5.56 Å². The summed E-state index contributed by atoms with van der Waals surface area (Å²) in [6.45, 7) is 1.47. The number of esters is 1. The molecule has 0 unspecified atom stereocenters. The molecule has 6 nitrogen and oxygen atoms in total. The minimum Gasteiger partial charge on any atom is -0.466 e. The SMILES string of the molecule is CCOC(=O)CC(=O)Cn1ncc(Cl)c(Cl)c1=O. The number of ether oxygens (including phenoxy) is 1. The number of ketones is 1. The van der Waals surface area contributed by atoms with Gasteiger partial charge in [-0.05, 0) is 6.92 Å². The predicted octanol–water partition coefficient (Wildman–Crippen LogP) is 1.07. The number of aromatic nitrogens is 2. The van der Waals surface area contributed by atoms with Crippen molar-refractivity contribution in [1.29, 1.82) is 0 Å². The molecule has 0 saturated heterocycles. The van der Waals surface area contributed by atoms with Gasteiger partial charge in [0.1, 0.15) is 18.0 Å². The van der Waals surface area contributed by atoms with E-state index >= 15 is 0 Å². The number of halogens is 2. The predicted molar refractivity (Wildman–Crippen MR) is 64.8 cm³/mol. The lowest BCUT2D eigenvalue weighted by Gasteiger charge is -2.04. The van der Waals surface area contributed by atoms with Gasteiger partial charge < -0.3 is 4.74 Å². The van der Waals surface area contributed by atoms with E-state index in [4.69, 9.17) is 23.2 Å². The molecule has 0 atom stereocenters. The van der Waals surface area contributed by atoms with Crippen LogP contribution in [-0.4, -0.2) is 28.1 Å².